The Hall–Kier alpha value is -2.62. The van der Waals surface area contributed by atoms with Crippen LogP contribution in [0.5, 0.6) is 5.75 Å². The highest BCUT2D eigenvalue weighted by Gasteiger charge is 2.39. The Kier molecular flexibility index (Phi) is 5.56. The highest BCUT2D eigenvalue weighted by atomic mass is 32.1. The van der Waals surface area contributed by atoms with E-state index in [0.717, 1.165) is 73.8 Å². The number of ether oxygens (including phenoxy) is 1. The molecule has 0 atom stereocenters. The van der Waals surface area contributed by atoms with Gasteiger partial charge >= 0.3 is 0 Å². The van der Waals surface area contributed by atoms with Gasteiger partial charge in [0.05, 0.1) is 28.8 Å². The molecule has 2 heterocycles. The fraction of sp³-hybridized carbons (Fsp3) is 0.440. The molecule has 0 spiro atoms. The minimum Gasteiger partial charge on any atom is -0.497 e. The lowest BCUT2D eigenvalue weighted by molar-refractivity contribution is 0.130. The predicted octanol–water partition coefficient (Wildman–Crippen LogP) is 4.83. The molecule has 0 radical (unpaired) electrons. The van der Waals surface area contributed by atoms with E-state index in [1.807, 2.05) is 18.2 Å². The van der Waals surface area contributed by atoms with Crippen LogP contribution in [0.15, 0.2) is 48.5 Å². The molecular weight excluding hydrogens is 404 g/mol. The normalized spacial score (nSPS) is 24.8. The Balaban J connectivity index is 1.21. The molecule has 0 bridgehead atoms. The summed E-state index contributed by atoms with van der Waals surface area (Å²) in [6, 6.07) is 19.7. The molecule has 5 rings (SSSR count). The van der Waals surface area contributed by atoms with Crippen molar-refractivity contribution >= 4 is 26.7 Å². The lowest BCUT2D eigenvalue weighted by Gasteiger charge is -2.44. The number of rotatable bonds is 4. The smallest absolute Gasteiger partial charge is 0.186 e. The van der Waals surface area contributed by atoms with Gasteiger partial charge in [0.15, 0.2) is 5.13 Å². The van der Waals surface area contributed by atoms with Gasteiger partial charge in [0.25, 0.3) is 0 Å². The zero-order chi connectivity index (χ0) is 21.3. The van der Waals surface area contributed by atoms with Gasteiger partial charge < -0.3 is 9.64 Å². The fourth-order valence-electron chi connectivity index (χ4n) is 5.12. The maximum Gasteiger partial charge on any atom is 0.186 e. The second kappa shape index (κ2) is 8.49. The van der Waals surface area contributed by atoms with Gasteiger partial charge in [-0.2, -0.15) is 5.26 Å². The van der Waals surface area contributed by atoms with Crippen LogP contribution in [-0.4, -0.2) is 49.2 Å². The first kappa shape index (κ1) is 20.3. The largest absolute Gasteiger partial charge is 0.497 e. The van der Waals surface area contributed by atoms with Crippen molar-refractivity contribution in [2.45, 2.75) is 37.1 Å². The van der Waals surface area contributed by atoms with Gasteiger partial charge in [-0.05, 0) is 55.5 Å². The van der Waals surface area contributed by atoms with Crippen LogP contribution in [0.1, 0.15) is 31.2 Å². The number of anilines is 1. The van der Waals surface area contributed by atoms with Gasteiger partial charge in [-0.25, -0.2) is 4.98 Å². The lowest BCUT2D eigenvalue weighted by Crippen LogP contribution is -2.52. The van der Waals surface area contributed by atoms with Crippen LogP contribution < -0.4 is 9.64 Å². The predicted molar refractivity (Wildman–Crippen MR) is 126 cm³/mol. The first-order chi connectivity index (χ1) is 15.2. The third-order valence-electron chi connectivity index (χ3n) is 7.03. The third kappa shape index (κ3) is 3.88. The van der Waals surface area contributed by atoms with E-state index in [4.69, 9.17) is 9.72 Å². The van der Waals surface area contributed by atoms with Crippen molar-refractivity contribution in [2.75, 3.05) is 38.2 Å². The van der Waals surface area contributed by atoms with Crippen molar-refractivity contribution in [3.63, 3.8) is 0 Å². The molecule has 1 aliphatic carbocycles. The van der Waals surface area contributed by atoms with Crippen LogP contribution in [-0.2, 0) is 5.41 Å². The standard InChI is InChI=1S/C25H28N4OS/c1-30-21-6-4-5-19(17-21)25(18-26)11-9-20(10-12-25)28-13-15-29(16-14-28)24-27-22-7-2-3-8-23(22)31-24/h2-8,17,20H,9-16H2,1H3. The van der Waals surface area contributed by atoms with Gasteiger partial charge in [0.2, 0.25) is 0 Å². The van der Waals surface area contributed by atoms with E-state index in [1.54, 1.807) is 18.4 Å². The summed E-state index contributed by atoms with van der Waals surface area (Å²) in [7, 11) is 1.68. The number of piperazine rings is 1. The number of thiazole rings is 1. The Bertz CT molecular complexity index is 1060. The van der Waals surface area contributed by atoms with E-state index in [9.17, 15) is 5.26 Å². The van der Waals surface area contributed by atoms with Gasteiger partial charge in [-0.15, -0.1) is 0 Å². The van der Waals surface area contributed by atoms with Gasteiger partial charge in [0, 0.05) is 32.2 Å². The van der Waals surface area contributed by atoms with E-state index in [0.29, 0.717) is 6.04 Å². The van der Waals surface area contributed by atoms with E-state index in [1.165, 1.54) is 4.70 Å². The number of aromatic nitrogens is 1. The van der Waals surface area contributed by atoms with Crippen molar-refractivity contribution < 1.29 is 4.74 Å². The Morgan fingerprint density at radius 2 is 1.84 bits per heavy atom. The summed E-state index contributed by atoms with van der Waals surface area (Å²) in [5.41, 5.74) is 1.82. The summed E-state index contributed by atoms with van der Waals surface area (Å²) < 4.78 is 6.65. The van der Waals surface area contributed by atoms with E-state index in [-0.39, 0.29) is 5.41 Å². The van der Waals surface area contributed by atoms with Crippen molar-refractivity contribution in [1.29, 1.82) is 5.26 Å². The quantitative estimate of drug-likeness (QED) is 0.591. The first-order valence-electron chi connectivity index (χ1n) is 11.1. The van der Waals surface area contributed by atoms with Crippen molar-refractivity contribution in [1.82, 2.24) is 9.88 Å². The molecule has 0 unspecified atom stereocenters. The summed E-state index contributed by atoms with van der Waals surface area (Å²) >= 11 is 1.79. The molecule has 3 aromatic rings. The maximum atomic E-state index is 10.1. The van der Waals surface area contributed by atoms with Crippen LogP contribution >= 0.6 is 11.3 Å². The molecule has 1 aromatic heterocycles. The molecule has 1 saturated heterocycles. The number of nitrogens with zero attached hydrogens (tertiary/aromatic N) is 4. The maximum absolute atomic E-state index is 10.1. The Labute approximate surface area is 187 Å². The second-order valence-electron chi connectivity index (χ2n) is 8.64. The highest BCUT2D eigenvalue weighted by molar-refractivity contribution is 7.22. The molecule has 1 saturated carbocycles. The highest BCUT2D eigenvalue weighted by Crippen LogP contribution is 2.41. The molecule has 6 heteroatoms. The number of hydrogen-bond donors (Lipinski definition) is 0. The number of benzene rings is 2. The van der Waals surface area contributed by atoms with Crippen molar-refractivity contribution in [3.8, 4) is 11.8 Å². The third-order valence-corrected chi connectivity index (χ3v) is 8.13. The fourth-order valence-corrected chi connectivity index (χ4v) is 6.14. The summed E-state index contributed by atoms with van der Waals surface area (Å²) in [4.78, 5) is 9.90. The summed E-state index contributed by atoms with van der Waals surface area (Å²) in [5.74, 6) is 0.834. The molecule has 0 amide bonds. The average Bonchev–Trinajstić information content (AvgIpc) is 3.29. The molecule has 31 heavy (non-hydrogen) atoms. The molecule has 160 valence electrons. The number of fused-ring (bicyclic) bond motifs is 1. The topological polar surface area (TPSA) is 52.4 Å². The van der Waals surface area contributed by atoms with Gasteiger partial charge in [0.1, 0.15) is 5.75 Å². The van der Waals surface area contributed by atoms with E-state index < -0.39 is 0 Å². The number of nitriles is 1. The Morgan fingerprint density at radius 1 is 1.06 bits per heavy atom. The average molecular weight is 433 g/mol. The Morgan fingerprint density at radius 3 is 2.55 bits per heavy atom. The molecule has 1 aliphatic heterocycles. The van der Waals surface area contributed by atoms with E-state index >= 15 is 0 Å². The lowest BCUT2D eigenvalue weighted by atomic mass is 9.69. The van der Waals surface area contributed by atoms with Crippen molar-refractivity contribution in [2.24, 2.45) is 0 Å². The molecule has 2 aliphatic rings. The van der Waals surface area contributed by atoms with Crippen LogP contribution in [0, 0.1) is 11.3 Å². The number of methoxy groups -OCH3 is 1. The minimum atomic E-state index is -0.381. The van der Waals surface area contributed by atoms with Crippen LogP contribution in [0.4, 0.5) is 5.13 Å². The van der Waals surface area contributed by atoms with Crippen LogP contribution in [0.3, 0.4) is 0 Å². The monoisotopic (exact) mass is 432 g/mol. The summed E-state index contributed by atoms with van der Waals surface area (Å²) in [6.45, 7) is 4.18. The molecule has 2 aromatic carbocycles. The SMILES string of the molecule is COc1cccc(C2(C#N)CCC(N3CCN(c4nc5ccccc5s4)CC3)CC2)c1. The molecule has 2 fully saturated rings. The molecule has 0 N–H and O–H groups in total. The zero-order valence-corrected chi connectivity index (χ0v) is 18.8. The zero-order valence-electron chi connectivity index (χ0n) is 18.0. The van der Waals surface area contributed by atoms with Crippen LogP contribution in [0.2, 0.25) is 0 Å². The summed E-state index contributed by atoms with van der Waals surface area (Å²) in [5, 5.41) is 11.2. The molecular formula is C25H28N4OS. The molecule has 5 nitrogen and oxygen atoms in total. The second-order valence-corrected chi connectivity index (χ2v) is 9.65. The van der Waals surface area contributed by atoms with Crippen molar-refractivity contribution in [3.05, 3.63) is 54.1 Å². The van der Waals surface area contributed by atoms with Gasteiger partial charge in [-0.3, -0.25) is 4.90 Å². The summed E-state index contributed by atoms with van der Waals surface area (Å²) in [6.07, 6.45) is 3.98. The minimum absolute atomic E-state index is 0.381. The van der Waals surface area contributed by atoms with Crippen LogP contribution in [0.25, 0.3) is 10.2 Å². The van der Waals surface area contributed by atoms with E-state index in [2.05, 4.69) is 46.2 Å². The number of hydrogen-bond acceptors (Lipinski definition) is 6. The number of para-hydroxylation sites is 1. The van der Waals surface area contributed by atoms with Gasteiger partial charge in [-0.1, -0.05) is 35.6 Å². The first-order valence-corrected chi connectivity index (χ1v) is 11.9.